The smallest absolute Gasteiger partial charge is 0.247 e. The second-order valence-electron chi connectivity index (χ2n) is 8.36. The van der Waals surface area contributed by atoms with Crippen molar-refractivity contribution >= 4 is 35.0 Å². The summed E-state index contributed by atoms with van der Waals surface area (Å²) in [4.78, 5) is 16.6. The van der Waals surface area contributed by atoms with E-state index >= 15 is 0 Å². The molecule has 196 valence electrons. The maximum atomic E-state index is 12.3. The molecule has 0 fully saturated rings. The summed E-state index contributed by atoms with van der Waals surface area (Å²) in [5.41, 5.74) is 3.09. The second kappa shape index (κ2) is 12.1. The van der Waals surface area contributed by atoms with Gasteiger partial charge in [0.25, 0.3) is 0 Å². The molecule has 0 radical (unpaired) electrons. The Kier molecular flexibility index (Phi) is 8.69. The molecule has 1 atom stereocenters. The van der Waals surface area contributed by atoms with Gasteiger partial charge in [-0.3, -0.25) is 4.79 Å². The van der Waals surface area contributed by atoms with Gasteiger partial charge in [0.1, 0.15) is 24.0 Å². The highest BCUT2D eigenvalue weighted by molar-refractivity contribution is 6.35. The first-order chi connectivity index (χ1) is 18.3. The van der Waals surface area contributed by atoms with Crippen LogP contribution in [0.25, 0.3) is 0 Å². The minimum absolute atomic E-state index is 0.124. The average Bonchev–Trinajstić information content (AvgIpc) is 3.32. The topological polar surface area (TPSA) is 106 Å². The van der Waals surface area contributed by atoms with E-state index in [1.807, 2.05) is 0 Å². The van der Waals surface area contributed by atoms with Crippen molar-refractivity contribution < 1.29 is 23.7 Å². The van der Waals surface area contributed by atoms with E-state index in [1.165, 1.54) is 11.9 Å². The molecule has 4 rings (SSSR count). The maximum absolute atomic E-state index is 12.3. The van der Waals surface area contributed by atoms with Crippen molar-refractivity contribution in [3.8, 4) is 17.7 Å². The van der Waals surface area contributed by atoms with Crippen molar-refractivity contribution in [2.45, 2.75) is 33.3 Å². The van der Waals surface area contributed by atoms with Crippen LogP contribution < -0.4 is 9.47 Å². The fraction of sp³-hybridized carbons (Fsp3) is 0.259. The van der Waals surface area contributed by atoms with Gasteiger partial charge in [0.05, 0.1) is 6.61 Å². The van der Waals surface area contributed by atoms with Crippen LogP contribution in [-0.4, -0.2) is 35.5 Å². The van der Waals surface area contributed by atoms with E-state index in [0.717, 1.165) is 5.56 Å². The largest absolute Gasteiger partial charge is 0.489 e. The molecule has 0 N–H and O–H groups in total. The number of nitriles is 1. The average molecular weight is 555 g/mol. The molecule has 1 aliphatic heterocycles. The number of pyridine rings is 1. The predicted octanol–water partition coefficient (Wildman–Crippen LogP) is 5.56. The Labute approximate surface area is 230 Å². The molecule has 1 aliphatic rings. The summed E-state index contributed by atoms with van der Waals surface area (Å²) >= 11 is 12.2. The number of carbonyl (C=O) groups excluding carboxylic acids is 1. The summed E-state index contributed by atoms with van der Waals surface area (Å²) in [6.07, 6.45) is -0.782. The Hall–Kier alpha value is -3.84. The number of ether oxygens (including phenoxy) is 4. The number of hydrazone groups is 1. The number of halogens is 2. The fourth-order valence-electron chi connectivity index (χ4n) is 3.74. The second-order valence-corrected chi connectivity index (χ2v) is 9.20. The third-order valence-electron chi connectivity index (χ3n) is 5.53. The van der Waals surface area contributed by atoms with Crippen LogP contribution in [0.3, 0.4) is 0 Å². The number of amides is 1. The van der Waals surface area contributed by atoms with Crippen LogP contribution in [0, 0.1) is 18.3 Å². The number of methoxy groups -OCH3 is 1. The van der Waals surface area contributed by atoms with E-state index < -0.39 is 6.23 Å². The van der Waals surface area contributed by atoms with Gasteiger partial charge in [-0.15, -0.1) is 5.10 Å². The number of aromatic nitrogens is 1. The summed E-state index contributed by atoms with van der Waals surface area (Å²) in [5.74, 6) is 0.615. The lowest BCUT2D eigenvalue weighted by molar-refractivity contribution is -0.135. The van der Waals surface area contributed by atoms with Crippen LogP contribution in [0.5, 0.6) is 11.6 Å². The number of benzene rings is 2. The monoisotopic (exact) mass is 554 g/mol. The normalized spacial score (nSPS) is 14.5. The van der Waals surface area contributed by atoms with E-state index in [2.05, 4.69) is 16.2 Å². The lowest BCUT2D eigenvalue weighted by Gasteiger charge is -2.19. The molecular formula is C27H24Cl2N4O5. The molecule has 0 saturated heterocycles. The van der Waals surface area contributed by atoms with Crippen molar-refractivity contribution in [3.05, 3.63) is 86.5 Å². The molecular weight excluding hydrogens is 531 g/mol. The summed E-state index contributed by atoms with van der Waals surface area (Å²) in [5, 5.41) is 16.2. The lowest BCUT2D eigenvalue weighted by Crippen LogP contribution is -2.25. The van der Waals surface area contributed by atoms with E-state index in [4.69, 9.17) is 42.1 Å². The summed E-state index contributed by atoms with van der Waals surface area (Å²) in [6, 6.07) is 16.2. The molecule has 0 bridgehead atoms. The first kappa shape index (κ1) is 27.2. The van der Waals surface area contributed by atoms with Crippen molar-refractivity contribution in [2.24, 2.45) is 5.10 Å². The van der Waals surface area contributed by atoms with Gasteiger partial charge in [-0.25, -0.2) is 4.98 Å². The molecule has 0 saturated carbocycles. The molecule has 9 nitrogen and oxygen atoms in total. The molecule has 0 spiro atoms. The van der Waals surface area contributed by atoms with Crippen LogP contribution >= 0.6 is 23.2 Å². The van der Waals surface area contributed by atoms with Crippen molar-refractivity contribution in [1.29, 1.82) is 5.26 Å². The van der Waals surface area contributed by atoms with Crippen LogP contribution in [-0.2, 0) is 27.5 Å². The Balaban J connectivity index is 1.43. The minimum Gasteiger partial charge on any atom is -0.489 e. The Morgan fingerprint density at radius 2 is 1.84 bits per heavy atom. The van der Waals surface area contributed by atoms with E-state index in [1.54, 1.807) is 62.6 Å². The van der Waals surface area contributed by atoms with Crippen molar-refractivity contribution in [3.63, 3.8) is 0 Å². The zero-order valence-electron chi connectivity index (χ0n) is 20.9. The van der Waals surface area contributed by atoms with E-state index in [9.17, 15) is 10.1 Å². The summed E-state index contributed by atoms with van der Waals surface area (Å²) in [7, 11) is 1.54. The highest BCUT2D eigenvalue weighted by Crippen LogP contribution is 2.31. The van der Waals surface area contributed by atoms with Gasteiger partial charge in [-0.05, 0) is 49.4 Å². The third kappa shape index (κ3) is 6.34. The predicted molar refractivity (Wildman–Crippen MR) is 141 cm³/mol. The van der Waals surface area contributed by atoms with Gasteiger partial charge in [0.2, 0.25) is 23.9 Å². The Bertz CT molecular complexity index is 1410. The number of aryl methyl sites for hydroxylation is 1. The van der Waals surface area contributed by atoms with Gasteiger partial charge in [0.15, 0.2) is 6.61 Å². The molecule has 38 heavy (non-hydrogen) atoms. The number of rotatable bonds is 9. The molecule has 2 aromatic carbocycles. The summed E-state index contributed by atoms with van der Waals surface area (Å²) in [6.45, 7) is 3.57. The maximum Gasteiger partial charge on any atom is 0.247 e. The molecule has 0 unspecified atom stereocenters. The Morgan fingerprint density at radius 3 is 2.50 bits per heavy atom. The SMILES string of the molecule is COCc1cc(C)nc(OCC2=NN(C(C)=O)[C@H](c3ccc(OCc4ccc(Cl)cc4Cl)cc3)O2)c1C#N. The van der Waals surface area contributed by atoms with Crippen LogP contribution in [0.4, 0.5) is 0 Å². The highest BCUT2D eigenvalue weighted by atomic mass is 35.5. The lowest BCUT2D eigenvalue weighted by atomic mass is 10.1. The van der Waals surface area contributed by atoms with Gasteiger partial charge in [-0.1, -0.05) is 29.3 Å². The molecule has 3 aromatic rings. The molecule has 11 heteroatoms. The van der Waals surface area contributed by atoms with Crippen molar-refractivity contribution in [1.82, 2.24) is 9.99 Å². The number of hydrogen-bond acceptors (Lipinski definition) is 8. The quantitative estimate of drug-likeness (QED) is 0.340. The first-order valence-corrected chi connectivity index (χ1v) is 12.3. The van der Waals surface area contributed by atoms with Crippen LogP contribution in [0.15, 0.2) is 53.6 Å². The highest BCUT2D eigenvalue weighted by Gasteiger charge is 2.33. The van der Waals surface area contributed by atoms with Crippen molar-refractivity contribution in [2.75, 3.05) is 13.7 Å². The molecule has 0 aliphatic carbocycles. The fourth-order valence-corrected chi connectivity index (χ4v) is 4.21. The summed E-state index contributed by atoms with van der Waals surface area (Å²) < 4.78 is 22.7. The van der Waals surface area contributed by atoms with Gasteiger partial charge in [0, 0.05) is 46.5 Å². The molecule has 1 aromatic heterocycles. The standard InChI is InChI=1S/C27H24Cl2N4O5/c1-16-10-20(13-35-3)23(12-30)26(31-16)37-15-25-32-33(17(2)34)27(38-25)18-5-8-22(9-6-18)36-14-19-4-7-21(28)11-24(19)29/h4-11,27H,13-15H2,1-3H3/t27-/m0/s1. The number of carbonyl (C=O) groups is 1. The van der Waals surface area contributed by atoms with Gasteiger partial charge in [-0.2, -0.15) is 10.3 Å². The molecule has 2 heterocycles. The van der Waals surface area contributed by atoms with Gasteiger partial charge >= 0.3 is 0 Å². The number of hydrogen-bond donors (Lipinski definition) is 0. The zero-order valence-corrected chi connectivity index (χ0v) is 22.4. The van der Waals surface area contributed by atoms with E-state index in [0.29, 0.717) is 32.6 Å². The molecule has 1 amide bonds. The first-order valence-electron chi connectivity index (χ1n) is 11.5. The van der Waals surface area contributed by atoms with E-state index in [-0.39, 0.29) is 43.1 Å². The Morgan fingerprint density at radius 1 is 1.08 bits per heavy atom. The zero-order chi connectivity index (χ0) is 27.2. The third-order valence-corrected chi connectivity index (χ3v) is 6.11. The van der Waals surface area contributed by atoms with Crippen LogP contribution in [0.1, 0.15) is 41.1 Å². The minimum atomic E-state index is -0.782. The number of nitrogens with zero attached hydrogens (tertiary/aromatic N) is 4. The van der Waals surface area contributed by atoms with Crippen LogP contribution in [0.2, 0.25) is 10.0 Å². The van der Waals surface area contributed by atoms with Gasteiger partial charge < -0.3 is 18.9 Å².